The van der Waals surface area contributed by atoms with Crippen molar-refractivity contribution in [1.82, 2.24) is 10.2 Å². The highest BCUT2D eigenvalue weighted by Gasteiger charge is 2.33. The lowest BCUT2D eigenvalue weighted by molar-refractivity contribution is -0.123. The number of hydrogen-bond donors (Lipinski definition) is 2. The number of carboxylic acids is 1. The van der Waals surface area contributed by atoms with Gasteiger partial charge in [-0.05, 0) is 54.5 Å². The number of carbonyl (C=O) groups excluding carboxylic acids is 2. The number of imide groups is 1. The normalized spacial score (nSPS) is 14.3. The van der Waals surface area contributed by atoms with E-state index in [1.54, 1.807) is 48.5 Å². The van der Waals surface area contributed by atoms with Crippen LogP contribution in [0.15, 0.2) is 64.7 Å². The Morgan fingerprint density at radius 2 is 1.91 bits per heavy atom. The number of hydrogen-bond acceptors (Lipinski definition) is 6. The van der Waals surface area contributed by atoms with Crippen LogP contribution >= 0.6 is 11.6 Å². The van der Waals surface area contributed by atoms with Gasteiger partial charge in [0.2, 0.25) is 5.76 Å². The molecule has 0 bridgehead atoms. The largest absolute Gasteiger partial charge is 0.490 e. The molecule has 1 aliphatic rings. The van der Waals surface area contributed by atoms with Gasteiger partial charge in [-0.2, -0.15) is 0 Å². The van der Waals surface area contributed by atoms with Crippen molar-refractivity contribution < 1.29 is 33.4 Å². The van der Waals surface area contributed by atoms with Crippen LogP contribution in [0.2, 0.25) is 5.02 Å². The zero-order valence-corrected chi connectivity index (χ0v) is 19.4. The molecule has 9 nitrogen and oxygen atoms in total. The number of aromatic carboxylic acids is 1. The summed E-state index contributed by atoms with van der Waals surface area (Å²) in [5.41, 5.74) is 1.39. The van der Waals surface area contributed by atoms with Crippen LogP contribution in [0.5, 0.6) is 11.5 Å². The van der Waals surface area contributed by atoms with E-state index in [1.165, 1.54) is 12.1 Å². The first-order valence-electron chi connectivity index (χ1n) is 10.6. The number of nitrogens with one attached hydrogen (secondary N) is 1. The van der Waals surface area contributed by atoms with E-state index in [1.807, 2.05) is 6.92 Å². The van der Waals surface area contributed by atoms with Crippen molar-refractivity contribution in [3.8, 4) is 11.5 Å². The van der Waals surface area contributed by atoms with E-state index in [2.05, 4.69) is 5.32 Å². The molecule has 2 aromatic carbocycles. The first-order valence-corrected chi connectivity index (χ1v) is 11.0. The number of carboxylic acid groups (broad SMARTS) is 1. The van der Waals surface area contributed by atoms with Gasteiger partial charge in [0, 0.05) is 5.02 Å². The lowest BCUT2D eigenvalue weighted by Gasteiger charge is -2.13. The molecule has 1 aliphatic heterocycles. The maximum atomic E-state index is 12.8. The van der Waals surface area contributed by atoms with Crippen molar-refractivity contribution in [2.24, 2.45) is 0 Å². The smallest absolute Gasteiger partial charge is 0.371 e. The van der Waals surface area contributed by atoms with E-state index >= 15 is 0 Å². The molecule has 180 valence electrons. The summed E-state index contributed by atoms with van der Waals surface area (Å²) in [6, 6.07) is 14.4. The Hall–Kier alpha value is -4.24. The molecule has 0 saturated carbocycles. The van der Waals surface area contributed by atoms with E-state index in [0.29, 0.717) is 40.0 Å². The van der Waals surface area contributed by atoms with Crippen molar-refractivity contribution in [1.29, 1.82) is 0 Å². The maximum Gasteiger partial charge on any atom is 0.371 e. The lowest BCUT2D eigenvalue weighted by Crippen LogP contribution is -2.30. The molecule has 0 atom stereocenters. The molecule has 2 heterocycles. The third-order valence-electron chi connectivity index (χ3n) is 5.07. The number of ether oxygens (including phenoxy) is 2. The van der Waals surface area contributed by atoms with Gasteiger partial charge in [0.1, 0.15) is 18.1 Å². The van der Waals surface area contributed by atoms with Gasteiger partial charge >= 0.3 is 12.0 Å². The van der Waals surface area contributed by atoms with Crippen LogP contribution in [-0.4, -0.2) is 34.5 Å². The zero-order chi connectivity index (χ0) is 24.9. The Morgan fingerprint density at radius 3 is 2.63 bits per heavy atom. The number of furan rings is 1. The number of amides is 3. The van der Waals surface area contributed by atoms with Crippen LogP contribution in [0.3, 0.4) is 0 Å². The topological polar surface area (TPSA) is 118 Å². The molecule has 10 heteroatoms. The van der Waals surface area contributed by atoms with Crippen LogP contribution < -0.4 is 14.8 Å². The predicted octanol–water partition coefficient (Wildman–Crippen LogP) is 4.70. The minimum absolute atomic E-state index is 0.000656. The van der Waals surface area contributed by atoms with Crippen molar-refractivity contribution in [2.45, 2.75) is 20.1 Å². The SMILES string of the molecule is CCOc1cc(C=C2NC(=O)N(Cc3ccccc3Cl)C2=O)ccc1OCc1ccc(C(=O)O)o1. The van der Waals surface area contributed by atoms with Gasteiger partial charge in [0.05, 0.1) is 13.2 Å². The first kappa shape index (κ1) is 23.9. The summed E-state index contributed by atoms with van der Waals surface area (Å²) in [5, 5.41) is 12.0. The fourth-order valence-corrected chi connectivity index (χ4v) is 3.60. The minimum atomic E-state index is -1.16. The van der Waals surface area contributed by atoms with Crippen LogP contribution in [0.25, 0.3) is 6.08 Å². The highest BCUT2D eigenvalue weighted by molar-refractivity contribution is 6.31. The molecule has 0 spiro atoms. The van der Waals surface area contributed by atoms with Gasteiger partial charge < -0.3 is 24.3 Å². The quantitative estimate of drug-likeness (QED) is 0.325. The zero-order valence-electron chi connectivity index (χ0n) is 18.6. The molecule has 1 aromatic heterocycles. The predicted molar refractivity (Wildman–Crippen MR) is 126 cm³/mol. The highest BCUT2D eigenvalue weighted by atomic mass is 35.5. The summed E-state index contributed by atoms with van der Waals surface area (Å²) >= 11 is 6.16. The van der Waals surface area contributed by atoms with Crippen LogP contribution in [-0.2, 0) is 17.9 Å². The summed E-state index contributed by atoms with van der Waals surface area (Å²) in [6.45, 7) is 2.23. The van der Waals surface area contributed by atoms with Crippen LogP contribution in [0.1, 0.15) is 34.4 Å². The lowest BCUT2D eigenvalue weighted by atomic mass is 10.1. The van der Waals surface area contributed by atoms with Gasteiger partial charge in [-0.1, -0.05) is 35.9 Å². The average Bonchev–Trinajstić information content (AvgIpc) is 3.41. The number of benzene rings is 2. The van der Waals surface area contributed by atoms with Crippen molar-refractivity contribution in [2.75, 3.05) is 6.61 Å². The Balaban J connectivity index is 1.50. The third-order valence-corrected chi connectivity index (χ3v) is 5.44. The molecule has 4 rings (SSSR count). The molecule has 3 amide bonds. The summed E-state index contributed by atoms with van der Waals surface area (Å²) in [7, 11) is 0. The summed E-state index contributed by atoms with van der Waals surface area (Å²) in [5.74, 6) is -0.653. The van der Waals surface area contributed by atoms with Crippen LogP contribution in [0, 0.1) is 0 Å². The fraction of sp³-hybridized carbons (Fsp3) is 0.160. The van der Waals surface area contributed by atoms with Crippen LogP contribution in [0.4, 0.5) is 4.79 Å². The summed E-state index contributed by atoms with van der Waals surface area (Å²) < 4.78 is 16.6. The van der Waals surface area contributed by atoms with Gasteiger partial charge in [-0.3, -0.25) is 9.69 Å². The molecule has 2 N–H and O–H groups in total. The Kier molecular flexibility index (Phi) is 7.07. The van der Waals surface area contributed by atoms with E-state index in [0.717, 1.165) is 4.90 Å². The van der Waals surface area contributed by atoms with E-state index < -0.39 is 17.9 Å². The molecule has 1 fully saturated rings. The maximum absolute atomic E-state index is 12.8. The molecular formula is C25H21ClN2O7. The molecular weight excluding hydrogens is 476 g/mol. The third kappa shape index (κ3) is 5.47. The van der Waals surface area contributed by atoms with Crippen molar-refractivity contribution >= 4 is 35.6 Å². The monoisotopic (exact) mass is 496 g/mol. The molecule has 3 aromatic rings. The van der Waals surface area contributed by atoms with E-state index in [9.17, 15) is 14.4 Å². The highest BCUT2D eigenvalue weighted by Crippen LogP contribution is 2.31. The Bertz CT molecular complexity index is 1310. The molecule has 0 aliphatic carbocycles. The molecule has 1 saturated heterocycles. The summed E-state index contributed by atoms with van der Waals surface area (Å²) in [4.78, 5) is 37.3. The second kappa shape index (κ2) is 10.4. The number of rotatable bonds is 9. The average molecular weight is 497 g/mol. The second-order valence-corrected chi connectivity index (χ2v) is 7.88. The number of carbonyl (C=O) groups is 3. The molecule has 35 heavy (non-hydrogen) atoms. The van der Waals surface area contributed by atoms with Gasteiger partial charge in [-0.25, -0.2) is 9.59 Å². The van der Waals surface area contributed by atoms with Crippen molar-refractivity contribution in [3.05, 3.63) is 88.0 Å². The Morgan fingerprint density at radius 1 is 1.11 bits per heavy atom. The Labute approximate surface area is 205 Å². The van der Waals surface area contributed by atoms with E-state index in [-0.39, 0.29) is 24.6 Å². The molecule has 0 unspecified atom stereocenters. The number of nitrogens with zero attached hydrogens (tertiary/aromatic N) is 1. The van der Waals surface area contributed by atoms with Gasteiger partial charge in [0.25, 0.3) is 5.91 Å². The second-order valence-electron chi connectivity index (χ2n) is 7.47. The summed E-state index contributed by atoms with van der Waals surface area (Å²) in [6.07, 6.45) is 1.55. The first-order chi connectivity index (χ1) is 16.9. The van der Waals surface area contributed by atoms with Gasteiger partial charge in [-0.15, -0.1) is 0 Å². The fourth-order valence-electron chi connectivity index (χ4n) is 3.40. The number of halogens is 1. The molecule has 0 radical (unpaired) electrons. The number of urea groups is 1. The van der Waals surface area contributed by atoms with Gasteiger partial charge in [0.15, 0.2) is 11.5 Å². The van der Waals surface area contributed by atoms with Crippen molar-refractivity contribution in [3.63, 3.8) is 0 Å². The van der Waals surface area contributed by atoms with E-state index in [4.69, 9.17) is 30.6 Å². The minimum Gasteiger partial charge on any atom is -0.490 e. The standard InChI is InChI=1S/C25H21ClN2O7/c1-2-33-22-12-15(7-9-20(22)34-14-17-8-10-21(35-17)24(30)31)11-19-23(29)28(25(32)27-19)13-16-5-3-4-6-18(16)26/h3-12H,2,13-14H2,1H3,(H,27,32)(H,30,31).